The van der Waals surface area contributed by atoms with Crippen molar-refractivity contribution in [1.82, 2.24) is 5.06 Å². The fraction of sp³-hybridized carbons (Fsp3) is 0.222. The zero-order chi connectivity index (χ0) is 15.7. The molecular formula is C18H15NO3. The summed E-state index contributed by atoms with van der Waals surface area (Å²) in [7, 11) is 0. The van der Waals surface area contributed by atoms with E-state index in [1.54, 1.807) is 24.3 Å². The Morgan fingerprint density at radius 2 is 1.82 bits per heavy atom. The van der Waals surface area contributed by atoms with Gasteiger partial charge in [0.05, 0.1) is 11.1 Å². The SMILES string of the molecule is CCCCC#Cc1ccc2c3c(cccc13)C(=O)N(O)C2=O. The molecule has 2 amide bonds. The summed E-state index contributed by atoms with van der Waals surface area (Å²) in [5.74, 6) is 4.85. The van der Waals surface area contributed by atoms with Crippen LogP contribution in [0.4, 0.5) is 0 Å². The average Bonchev–Trinajstić information content (AvgIpc) is 2.55. The summed E-state index contributed by atoms with van der Waals surface area (Å²) in [5.41, 5.74) is 1.45. The molecule has 0 saturated heterocycles. The number of hydrogen-bond donors (Lipinski definition) is 1. The second-order valence-electron chi connectivity index (χ2n) is 5.22. The number of hydrogen-bond acceptors (Lipinski definition) is 3. The molecular weight excluding hydrogens is 278 g/mol. The number of rotatable bonds is 2. The van der Waals surface area contributed by atoms with E-state index in [1.165, 1.54) is 0 Å². The number of benzene rings is 2. The van der Waals surface area contributed by atoms with Crippen LogP contribution in [0.5, 0.6) is 0 Å². The molecule has 1 heterocycles. The molecule has 0 saturated carbocycles. The summed E-state index contributed by atoms with van der Waals surface area (Å²) >= 11 is 0. The van der Waals surface area contributed by atoms with E-state index < -0.39 is 11.8 Å². The van der Waals surface area contributed by atoms with Crippen LogP contribution in [0, 0.1) is 11.8 Å². The summed E-state index contributed by atoms with van der Waals surface area (Å²) in [6.07, 6.45) is 2.96. The van der Waals surface area contributed by atoms with Gasteiger partial charge in [-0.05, 0) is 30.0 Å². The van der Waals surface area contributed by atoms with Crippen molar-refractivity contribution in [1.29, 1.82) is 0 Å². The summed E-state index contributed by atoms with van der Waals surface area (Å²) in [4.78, 5) is 24.1. The third kappa shape index (κ3) is 2.16. The minimum atomic E-state index is -0.695. The van der Waals surface area contributed by atoms with Gasteiger partial charge in [0.2, 0.25) is 0 Å². The molecule has 1 N–H and O–H groups in total. The van der Waals surface area contributed by atoms with Gasteiger partial charge in [0, 0.05) is 17.4 Å². The Kier molecular flexibility index (Phi) is 3.66. The van der Waals surface area contributed by atoms with E-state index in [0.29, 0.717) is 16.5 Å². The summed E-state index contributed by atoms with van der Waals surface area (Å²) in [6.45, 7) is 2.11. The highest BCUT2D eigenvalue weighted by atomic mass is 16.5. The molecule has 4 nitrogen and oxygen atoms in total. The van der Waals surface area contributed by atoms with Gasteiger partial charge in [0.25, 0.3) is 11.8 Å². The third-order valence-electron chi connectivity index (χ3n) is 3.76. The number of carbonyl (C=O) groups excluding carboxylic acids is 2. The highest BCUT2D eigenvalue weighted by molar-refractivity contribution is 6.25. The van der Waals surface area contributed by atoms with E-state index in [9.17, 15) is 14.8 Å². The topological polar surface area (TPSA) is 57.6 Å². The first-order valence-electron chi connectivity index (χ1n) is 7.27. The molecule has 22 heavy (non-hydrogen) atoms. The first-order chi connectivity index (χ1) is 10.6. The molecule has 1 aliphatic heterocycles. The van der Waals surface area contributed by atoms with Crippen molar-refractivity contribution in [3.63, 3.8) is 0 Å². The summed E-state index contributed by atoms with van der Waals surface area (Å²) < 4.78 is 0. The zero-order valence-corrected chi connectivity index (χ0v) is 12.2. The molecule has 0 unspecified atom stereocenters. The second kappa shape index (κ2) is 5.63. The number of unbranched alkanes of at least 4 members (excludes halogenated alkanes) is 2. The van der Waals surface area contributed by atoms with Crippen LogP contribution in [0.1, 0.15) is 52.5 Å². The van der Waals surface area contributed by atoms with Gasteiger partial charge in [-0.3, -0.25) is 14.8 Å². The third-order valence-corrected chi connectivity index (χ3v) is 3.76. The molecule has 1 aliphatic rings. The quantitative estimate of drug-likeness (QED) is 0.400. The van der Waals surface area contributed by atoms with Crippen molar-refractivity contribution in [3.05, 3.63) is 47.0 Å². The molecule has 2 aromatic rings. The molecule has 0 spiro atoms. The Morgan fingerprint density at radius 1 is 1.09 bits per heavy atom. The zero-order valence-electron chi connectivity index (χ0n) is 12.2. The largest absolute Gasteiger partial charge is 0.285 e. The Hall–Kier alpha value is -2.64. The van der Waals surface area contributed by atoms with Crippen molar-refractivity contribution in [2.24, 2.45) is 0 Å². The molecule has 0 aliphatic carbocycles. The normalized spacial score (nSPS) is 13.3. The van der Waals surface area contributed by atoms with Crippen LogP contribution in [0.3, 0.4) is 0 Å². The molecule has 4 heteroatoms. The van der Waals surface area contributed by atoms with Gasteiger partial charge in [-0.1, -0.05) is 37.3 Å². The molecule has 0 bridgehead atoms. The van der Waals surface area contributed by atoms with Crippen LogP contribution in [-0.2, 0) is 0 Å². The Bertz CT molecular complexity index is 820. The highest BCUT2D eigenvalue weighted by Gasteiger charge is 2.32. The van der Waals surface area contributed by atoms with Gasteiger partial charge >= 0.3 is 0 Å². The van der Waals surface area contributed by atoms with Crippen LogP contribution in [-0.4, -0.2) is 22.1 Å². The predicted octanol–water partition coefficient (Wildman–Crippen LogP) is 3.37. The molecule has 0 radical (unpaired) electrons. The highest BCUT2D eigenvalue weighted by Crippen LogP contribution is 2.31. The first-order valence-corrected chi connectivity index (χ1v) is 7.27. The molecule has 110 valence electrons. The van der Waals surface area contributed by atoms with Crippen molar-refractivity contribution in [2.45, 2.75) is 26.2 Å². The maximum absolute atomic E-state index is 12.0. The summed E-state index contributed by atoms with van der Waals surface area (Å²) in [6, 6.07) is 8.58. The Balaban J connectivity index is 2.20. The minimum Gasteiger partial charge on any atom is -0.278 e. The van der Waals surface area contributed by atoms with Crippen LogP contribution < -0.4 is 0 Å². The van der Waals surface area contributed by atoms with E-state index in [-0.39, 0.29) is 5.06 Å². The van der Waals surface area contributed by atoms with Crippen LogP contribution in [0.25, 0.3) is 10.8 Å². The van der Waals surface area contributed by atoms with E-state index in [4.69, 9.17) is 0 Å². The van der Waals surface area contributed by atoms with Crippen molar-refractivity contribution >= 4 is 22.6 Å². The molecule has 0 aromatic heterocycles. The van der Waals surface area contributed by atoms with E-state index in [2.05, 4.69) is 18.8 Å². The standard InChI is InChI=1S/C18H15NO3/c1-2-3-4-5-7-12-10-11-15-16-13(12)8-6-9-14(16)17(20)19(22)18(15)21/h6,8-11,22H,2-4H2,1H3. The minimum absolute atomic E-state index is 0.170. The van der Waals surface area contributed by atoms with Crippen molar-refractivity contribution in [2.75, 3.05) is 0 Å². The lowest BCUT2D eigenvalue weighted by atomic mass is 9.92. The van der Waals surface area contributed by atoms with E-state index >= 15 is 0 Å². The van der Waals surface area contributed by atoms with E-state index in [0.717, 1.165) is 30.2 Å². The molecule has 3 rings (SSSR count). The predicted molar refractivity (Wildman–Crippen MR) is 82.6 cm³/mol. The maximum atomic E-state index is 12.0. The first kappa shape index (κ1) is 14.3. The molecule has 0 fully saturated rings. The second-order valence-corrected chi connectivity index (χ2v) is 5.22. The van der Waals surface area contributed by atoms with E-state index in [1.807, 2.05) is 6.07 Å². The lowest BCUT2D eigenvalue weighted by Crippen LogP contribution is -2.37. The molecule has 2 aromatic carbocycles. The molecule has 0 atom stereocenters. The fourth-order valence-electron chi connectivity index (χ4n) is 2.62. The maximum Gasteiger partial charge on any atom is 0.285 e. The van der Waals surface area contributed by atoms with Crippen molar-refractivity contribution in [3.8, 4) is 11.8 Å². The lowest BCUT2D eigenvalue weighted by molar-refractivity contribution is -0.0377. The van der Waals surface area contributed by atoms with Crippen molar-refractivity contribution < 1.29 is 14.8 Å². The van der Waals surface area contributed by atoms with Gasteiger partial charge in [-0.2, -0.15) is 0 Å². The number of nitrogens with zero attached hydrogens (tertiary/aromatic N) is 1. The van der Waals surface area contributed by atoms with Gasteiger partial charge in [-0.15, -0.1) is 5.06 Å². The number of imide groups is 1. The van der Waals surface area contributed by atoms with Gasteiger partial charge in [-0.25, -0.2) is 0 Å². The Labute approximate surface area is 128 Å². The summed E-state index contributed by atoms with van der Waals surface area (Å²) in [5, 5.41) is 11.1. The van der Waals surface area contributed by atoms with Crippen LogP contribution in [0.2, 0.25) is 0 Å². The Morgan fingerprint density at radius 3 is 2.55 bits per heavy atom. The monoisotopic (exact) mass is 293 g/mol. The van der Waals surface area contributed by atoms with Gasteiger partial charge in [0.15, 0.2) is 0 Å². The van der Waals surface area contributed by atoms with Gasteiger partial charge < -0.3 is 0 Å². The number of carbonyl (C=O) groups is 2. The lowest BCUT2D eigenvalue weighted by Gasteiger charge is -2.22. The van der Waals surface area contributed by atoms with Gasteiger partial charge in [0.1, 0.15) is 0 Å². The van der Waals surface area contributed by atoms with Crippen LogP contribution in [0.15, 0.2) is 30.3 Å². The average molecular weight is 293 g/mol. The number of amides is 2. The van der Waals surface area contributed by atoms with Crippen LogP contribution >= 0.6 is 0 Å². The number of hydroxylamine groups is 2. The smallest absolute Gasteiger partial charge is 0.278 e. The fourth-order valence-corrected chi connectivity index (χ4v) is 2.62.